The van der Waals surface area contributed by atoms with Gasteiger partial charge in [-0.25, -0.2) is 0 Å². The highest BCUT2D eigenvalue weighted by molar-refractivity contribution is 7.98. The molecule has 1 aliphatic rings. The van der Waals surface area contributed by atoms with E-state index in [1.54, 1.807) is 11.8 Å². The van der Waals surface area contributed by atoms with Crippen LogP contribution >= 0.6 is 23.4 Å². The first-order valence-electron chi connectivity index (χ1n) is 18.8. The van der Waals surface area contributed by atoms with Gasteiger partial charge in [-0.1, -0.05) is 157 Å². The van der Waals surface area contributed by atoms with Gasteiger partial charge < -0.3 is 23.7 Å². The molecule has 0 aromatic heterocycles. The molecule has 6 aromatic rings. The van der Waals surface area contributed by atoms with Crippen molar-refractivity contribution in [3.63, 3.8) is 0 Å². The first kappa shape index (κ1) is 39.0. The van der Waals surface area contributed by atoms with Crippen molar-refractivity contribution in [2.45, 2.75) is 68.3 Å². The van der Waals surface area contributed by atoms with Crippen LogP contribution in [0.1, 0.15) is 45.0 Å². The van der Waals surface area contributed by atoms with Crippen LogP contribution < -0.4 is 0 Å². The minimum absolute atomic E-state index is 0.295. The maximum atomic E-state index is 7.17. The second kappa shape index (κ2) is 20.1. The van der Waals surface area contributed by atoms with Gasteiger partial charge in [0.05, 0.1) is 33.0 Å². The van der Waals surface area contributed by atoms with Gasteiger partial charge in [-0.2, -0.15) is 0 Å². The molecule has 0 saturated carbocycles. The molecule has 0 amide bonds. The number of rotatable bonds is 17. The zero-order valence-corrected chi connectivity index (χ0v) is 32.6. The maximum Gasteiger partial charge on any atom is 0.117 e. The largest absolute Gasteiger partial charge is 0.374 e. The van der Waals surface area contributed by atoms with E-state index in [1.807, 2.05) is 84.9 Å². The van der Waals surface area contributed by atoms with Crippen LogP contribution in [0, 0.1) is 0 Å². The smallest absolute Gasteiger partial charge is 0.117 e. The van der Waals surface area contributed by atoms with E-state index in [1.165, 1.54) is 10.5 Å². The Kier molecular flexibility index (Phi) is 14.2. The average molecular weight is 771 g/mol. The van der Waals surface area contributed by atoms with Crippen LogP contribution in [0.4, 0.5) is 0 Å². The number of benzene rings is 6. The summed E-state index contributed by atoms with van der Waals surface area (Å²) in [6.45, 7) is 1.87. The van der Waals surface area contributed by atoms with Crippen molar-refractivity contribution in [1.29, 1.82) is 0 Å². The molecule has 7 heteroatoms. The van der Waals surface area contributed by atoms with Crippen molar-refractivity contribution >= 4 is 23.4 Å². The number of halogens is 1. The van der Waals surface area contributed by atoms with Crippen molar-refractivity contribution in [3.05, 3.63) is 208 Å². The predicted octanol–water partition coefficient (Wildman–Crippen LogP) is 11.1. The van der Waals surface area contributed by atoms with Crippen molar-refractivity contribution in [2.24, 2.45) is 0 Å². The third-order valence-corrected chi connectivity index (χ3v) is 10.9. The van der Waals surface area contributed by atoms with Gasteiger partial charge in [-0.15, -0.1) is 11.8 Å². The van der Waals surface area contributed by atoms with E-state index in [2.05, 4.69) is 85.1 Å². The van der Waals surface area contributed by atoms with Crippen molar-refractivity contribution in [1.82, 2.24) is 0 Å². The molecule has 5 atom stereocenters. The fourth-order valence-corrected chi connectivity index (χ4v) is 7.52. The van der Waals surface area contributed by atoms with Gasteiger partial charge in [-0.3, -0.25) is 0 Å². The maximum absolute atomic E-state index is 7.17. The molecule has 5 unspecified atom stereocenters. The van der Waals surface area contributed by atoms with Crippen LogP contribution in [-0.4, -0.2) is 37.3 Å². The van der Waals surface area contributed by atoms with Gasteiger partial charge in [0.25, 0.3) is 0 Å². The molecule has 55 heavy (non-hydrogen) atoms. The Balaban J connectivity index is 1.25. The zero-order chi connectivity index (χ0) is 37.7. The summed E-state index contributed by atoms with van der Waals surface area (Å²) in [6, 6.07) is 55.7. The van der Waals surface area contributed by atoms with Crippen LogP contribution in [0.25, 0.3) is 0 Å². The Hall–Kier alpha value is -4.24. The molecule has 1 fully saturated rings. The highest BCUT2D eigenvalue weighted by Crippen LogP contribution is 2.40. The average Bonchev–Trinajstić information content (AvgIpc) is 3.24. The van der Waals surface area contributed by atoms with E-state index in [0.29, 0.717) is 44.5 Å². The SMILES string of the molecule is CSc1ccc(Cc2cc(C3OC(COCc4ccccc4)C(OCc4ccccc4)C(OCc4ccccc4)C3OCc3ccccc3)ccc2Cl)cc1. The first-order valence-corrected chi connectivity index (χ1v) is 20.4. The molecule has 0 radical (unpaired) electrons. The van der Waals surface area contributed by atoms with Crippen LogP contribution in [0.3, 0.4) is 0 Å². The number of ether oxygens (including phenoxy) is 5. The Labute approximate surface area is 334 Å². The van der Waals surface area contributed by atoms with Crippen LogP contribution in [-0.2, 0) is 56.5 Å². The van der Waals surface area contributed by atoms with E-state index in [4.69, 9.17) is 35.3 Å². The minimum atomic E-state index is -0.537. The van der Waals surface area contributed by atoms with Gasteiger partial charge in [-0.05, 0) is 69.8 Å². The lowest BCUT2D eigenvalue weighted by Gasteiger charge is -2.46. The molecule has 5 nitrogen and oxygen atoms in total. The summed E-state index contributed by atoms with van der Waals surface area (Å²) >= 11 is 8.64. The molecule has 282 valence electrons. The minimum Gasteiger partial charge on any atom is -0.374 e. The summed E-state index contributed by atoms with van der Waals surface area (Å²) in [4.78, 5) is 1.23. The summed E-state index contributed by atoms with van der Waals surface area (Å²) < 4.78 is 34.4. The van der Waals surface area contributed by atoms with Gasteiger partial charge in [0.2, 0.25) is 0 Å². The molecule has 1 heterocycles. The van der Waals surface area contributed by atoms with Crippen molar-refractivity contribution in [2.75, 3.05) is 12.9 Å². The summed E-state index contributed by atoms with van der Waals surface area (Å²) in [6.07, 6.45) is 0.209. The van der Waals surface area contributed by atoms with Crippen LogP contribution in [0.5, 0.6) is 0 Å². The topological polar surface area (TPSA) is 46.2 Å². The van der Waals surface area contributed by atoms with Gasteiger partial charge in [0.15, 0.2) is 0 Å². The first-order chi connectivity index (χ1) is 27.1. The van der Waals surface area contributed by atoms with E-state index in [0.717, 1.165) is 33.4 Å². The highest BCUT2D eigenvalue weighted by atomic mass is 35.5. The Bertz CT molecular complexity index is 2020. The van der Waals surface area contributed by atoms with Crippen LogP contribution in [0.15, 0.2) is 169 Å². The van der Waals surface area contributed by atoms with E-state index in [-0.39, 0.29) is 0 Å². The predicted molar refractivity (Wildman–Crippen MR) is 221 cm³/mol. The fourth-order valence-electron chi connectivity index (χ4n) is 6.93. The number of hydrogen-bond donors (Lipinski definition) is 0. The Morgan fingerprint density at radius 1 is 0.527 bits per heavy atom. The van der Waals surface area contributed by atoms with E-state index in [9.17, 15) is 0 Å². The molecule has 0 bridgehead atoms. The van der Waals surface area contributed by atoms with E-state index < -0.39 is 30.5 Å². The third kappa shape index (κ3) is 11.0. The summed E-state index contributed by atoms with van der Waals surface area (Å²) in [5, 5.41) is 0.707. The van der Waals surface area contributed by atoms with Gasteiger partial charge >= 0.3 is 0 Å². The van der Waals surface area contributed by atoms with Crippen molar-refractivity contribution < 1.29 is 23.7 Å². The van der Waals surface area contributed by atoms with Gasteiger partial charge in [0.1, 0.15) is 30.5 Å². The second-order valence-corrected chi connectivity index (χ2v) is 15.0. The Morgan fingerprint density at radius 2 is 1.02 bits per heavy atom. The molecule has 7 rings (SSSR count). The molecular formula is C48H47ClO5S. The molecule has 1 saturated heterocycles. The molecular weight excluding hydrogens is 724 g/mol. The molecule has 0 N–H and O–H groups in total. The quantitative estimate of drug-likeness (QED) is 0.0861. The van der Waals surface area contributed by atoms with Gasteiger partial charge in [0, 0.05) is 9.92 Å². The summed E-state index contributed by atoms with van der Waals surface area (Å²) in [5.74, 6) is 0. The Morgan fingerprint density at radius 3 is 1.55 bits per heavy atom. The second-order valence-electron chi connectivity index (χ2n) is 13.8. The highest BCUT2D eigenvalue weighted by Gasteiger charge is 2.49. The lowest BCUT2D eigenvalue weighted by atomic mass is 9.89. The fraction of sp³-hybridized carbons (Fsp3) is 0.250. The number of hydrogen-bond acceptors (Lipinski definition) is 6. The number of thioether (sulfide) groups is 1. The summed E-state index contributed by atoms with van der Waals surface area (Å²) in [5.41, 5.74) is 7.43. The normalized spacial score (nSPS) is 19.6. The molecule has 1 aliphatic heterocycles. The van der Waals surface area contributed by atoms with E-state index >= 15 is 0 Å². The lowest BCUT2D eigenvalue weighted by molar-refractivity contribution is -0.275. The lowest BCUT2D eigenvalue weighted by Crippen LogP contribution is -2.58. The summed E-state index contributed by atoms with van der Waals surface area (Å²) in [7, 11) is 0. The third-order valence-electron chi connectivity index (χ3n) is 9.84. The molecule has 0 spiro atoms. The molecule has 0 aliphatic carbocycles. The molecule has 6 aromatic carbocycles. The van der Waals surface area contributed by atoms with Crippen molar-refractivity contribution in [3.8, 4) is 0 Å². The monoisotopic (exact) mass is 770 g/mol. The standard InChI is InChI=1S/C48H47ClO5S/c1-55-42-25-22-35(23-26-42)28-41-29-40(24-27-43(41)49)45-47(52-32-38-18-10-4-11-19-38)48(53-33-39-20-12-5-13-21-39)46(51-31-37-16-8-3-9-17-37)44(54-45)34-50-30-36-14-6-2-7-15-36/h2-27,29,44-48H,28,30-34H2,1H3. The zero-order valence-electron chi connectivity index (χ0n) is 31.0. The van der Waals surface area contributed by atoms with Crippen LogP contribution in [0.2, 0.25) is 5.02 Å².